The predicted octanol–water partition coefficient (Wildman–Crippen LogP) is 4.74. The summed E-state index contributed by atoms with van der Waals surface area (Å²) in [5.74, 6) is -0.0577. The third kappa shape index (κ3) is 2.92. The van der Waals surface area contributed by atoms with E-state index in [1.54, 1.807) is 6.20 Å². The molecule has 2 rings (SSSR count). The Labute approximate surface area is 126 Å². The molecule has 0 bridgehead atoms. The Bertz CT molecular complexity index is 657. The molecule has 0 spiro atoms. The summed E-state index contributed by atoms with van der Waals surface area (Å²) in [5.41, 5.74) is 6.06. The molecule has 2 nitrogen and oxygen atoms in total. The summed E-state index contributed by atoms with van der Waals surface area (Å²) in [7, 11) is 1.96. The minimum atomic E-state index is -0.0577. The molecule has 0 amide bonds. The van der Waals surface area contributed by atoms with Crippen LogP contribution in [0.25, 0.3) is 5.57 Å². The van der Waals surface area contributed by atoms with Crippen molar-refractivity contribution in [2.24, 2.45) is 12.0 Å². The van der Waals surface area contributed by atoms with E-state index in [0.29, 0.717) is 6.42 Å². The lowest BCUT2D eigenvalue weighted by molar-refractivity contribution is 0.596. The van der Waals surface area contributed by atoms with Crippen molar-refractivity contribution in [3.63, 3.8) is 0 Å². The minimum Gasteiger partial charge on any atom is -0.345 e. The molecule has 1 heterocycles. The summed E-state index contributed by atoms with van der Waals surface area (Å²) in [5, 5.41) is 0. The van der Waals surface area contributed by atoms with Gasteiger partial charge in [0.1, 0.15) is 5.82 Å². The first-order chi connectivity index (χ1) is 9.99. The fraction of sp³-hybridized carbons (Fsp3) is 0.389. The average Bonchev–Trinajstić information content (AvgIpc) is 2.95. The van der Waals surface area contributed by atoms with Crippen LogP contribution in [-0.4, -0.2) is 10.3 Å². The second-order valence-corrected chi connectivity index (χ2v) is 5.51. The van der Waals surface area contributed by atoms with Crippen LogP contribution in [0.4, 0.5) is 4.39 Å². The highest BCUT2D eigenvalue weighted by Crippen LogP contribution is 2.35. The highest BCUT2D eigenvalue weighted by Gasteiger charge is 2.22. The topological polar surface area (TPSA) is 17.3 Å². The van der Waals surface area contributed by atoms with Crippen molar-refractivity contribution in [3.8, 4) is 0 Å². The molecule has 0 aromatic carbocycles. The zero-order valence-electron chi connectivity index (χ0n) is 13.3. The third-order valence-electron chi connectivity index (χ3n) is 4.05. The normalized spacial score (nSPS) is 17.5. The Balaban J connectivity index is 2.31. The SMILES string of the molecule is C=CN=C(C)/C=C1\CC=C(c2c(C)c(F)c(CC)n2C)C1. The van der Waals surface area contributed by atoms with Gasteiger partial charge >= 0.3 is 0 Å². The van der Waals surface area contributed by atoms with Crippen LogP contribution in [0.1, 0.15) is 43.6 Å². The second kappa shape index (κ2) is 6.25. The van der Waals surface area contributed by atoms with E-state index in [1.807, 2.05) is 32.4 Å². The van der Waals surface area contributed by atoms with Crippen LogP contribution in [0.5, 0.6) is 0 Å². The van der Waals surface area contributed by atoms with Gasteiger partial charge in [-0.3, -0.25) is 4.99 Å². The third-order valence-corrected chi connectivity index (χ3v) is 4.05. The Kier molecular flexibility index (Phi) is 4.61. The number of hydrogen-bond donors (Lipinski definition) is 0. The lowest BCUT2D eigenvalue weighted by atomic mass is 10.1. The van der Waals surface area contributed by atoms with Crippen LogP contribution in [-0.2, 0) is 13.5 Å². The van der Waals surface area contributed by atoms with E-state index in [0.717, 1.165) is 35.5 Å². The van der Waals surface area contributed by atoms with Crippen LogP contribution < -0.4 is 0 Å². The van der Waals surface area contributed by atoms with Gasteiger partial charge in [-0.25, -0.2) is 4.39 Å². The maximum Gasteiger partial charge on any atom is 0.147 e. The van der Waals surface area contributed by atoms with Crippen LogP contribution in [0, 0.1) is 12.7 Å². The van der Waals surface area contributed by atoms with E-state index in [4.69, 9.17) is 0 Å². The molecule has 0 radical (unpaired) electrons. The number of rotatable bonds is 4. The van der Waals surface area contributed by atoms with E-state index in [1.165, 1.54) is 11.1 Å². The van der Waals surface area contributed by atoms with Crippen LogP contribution in [0.3, 0.4) is 0 Å². The molecule has 1 aliphatic carbocycles. The molecular weight excluding hydrogens is 263 g/mol. The van der Waals surface area contributed by atoms with Crippen molar-refractivity contribution in [2.45, 2.75) is 40.0 Å². The Morgan fingerprint density at radius 2 is 2.24 bits per heavy atom. The molecule has 0 saturated carbocycles. The standard InChI is InChI=1S/C18H23FN2/c1-6-16-17(19)13(4)18(21(16)5)15-9-8-14(11-15)10-12(3)20-7-2/h7,9-10H,2,6,8,11H2,1,3-5H3/b14-10+,20-12?. The summed E-state index contributed by atoms with van der Waals surface area (Å²) in [6.45, 7) is 9.44. The van der Waals surface area contributed by atoms with E-state index in [-0.39, 0.29) is 5.82 Å². The van der Waals surface area contributed by atoms with Crippen molar-refractivity contribution >= 4 is 11.3 Å². The quantitative estimate of drug-likeness (QED) is 0.711. The maximum absolute atomic E-state index is 14.3. The molecule has 1 aromatic rings. The zero-order valence-corrected chi connectivity index (χ0v) is 13.3. The van der Waals surface area contributed by atoms with Crippen molar-refractivity contribution in [3.05, 3.63) is 53.3 Å². The van der Waals surface area contributed by atoms with Crippen LogP contribution in [0.2, 0.25) is 0 Å². The molecule has 0 saturated heterocycles. The van der Waals surface area contributed by atoms with E-state index in [2.05, 4.69) is 23.7 Å². The molecule has 1 aromatic heterocycles. The fourth-order valence-electron chi connectivity index (χ4n) is 3.11. The van der Waals surface area contributed by atoms with Crippen molar-refractivity contribution < 1.29 is 4.39 Å². The molecular formula is C18H23FN2. The van der Waals surface area contributed by atoms with Crippen molar-refractivity contribution in [1.82, 2.24) is 4.57 Å². The molecule has 21 heavy (non-hydrogen) atoms. The molecule has 0 atom stereocenters. The maximum atomic E-state index is 14.3. The monoisotopic (exact) mass is 286 g/mol. The molecule has 0 fully saturated rings. The number of allylic oxidation sites excluding steroid dienone is 4. The fourth-order valence-corrected chi connectivity index (χ4v) is 3.11. The number of aliphatic imine (C=N–C) groups is 1. The van der Waals surface area contributed by atoms with Gasteiger partial charge in [0, 0.05) is 30.2 Å². The minimum absolute atomic E-state index is 0.0577. The van der Waals surface area contributed by atoms with Gasteiger partial charge in [-0.1, -0.05) is 25.2 Å². The van der Waals surface area contributed by atoms with E-state index in [9.17, 15) is 4.39 Å². The molecule has 112 valence electrons. The molecule has 0 aliphatic heterocycles. The van der Waals surface area contributed by atoms with Crippen molar-refractivity contribution in [1.29, 1.82) is 0 Å². The lowest BCUT2D eigenvalue weighted by Crippen LogP contribution is -2.00. The summed E-state index contributed by atoms with van der Waals surface area (Å²) in [4.78, 5) is 4.17. The highest BCUT2D eigenvalue weighted by molar-refractivity contribution is 5.94. The average molecular weight is 286 g/mol. The lowest BCUT2D eigenvalue weighted by Gasteiger charge is -2.08. The second-order valence-electron chi connectivity index (χ2n) is 5.51. The first-order valence-electron chi connectivity index (χ1n) is 7.37. The summed E-state index contributed by atoms with van der Waals surface area (Å²) < 4.78 is 16.3. The number of aromatic nitrogens is 1. The zero-order chi connectivity index (χ0) is 15.6. The molecule has 1 aliphatic rings. The number of nitrogens with zero attached hydrogens (tertiary/aromatic N) is 2. The van der Waals surface area contributed by atoms with Gasteiger partial charge in [0.25, 0.3) is 0 Å². The largest absolute Gasteiger partial charge is 0.345 e. The van der Waals surface area contributed by atoms with Gasteiger partial charge < -0.3 is 4.57 Å². The van der Waals surface area contributed by atoms with Gasteiger partial charge in [0.15, 0.2) is 0 Å². The number of hydrogen-bond acceptors (Lipinski definition) is 1. The Morgan fingerprint density at radius 3 is 2.81 bits per heavy atom. The van der Waals surface area contributed by atoms with Crippen molar-refractivity contribution in [2.75, 3.05) is 0 Å². The van der Waals surface area contributed by atoms with E-state index < -0.39 is 0 Å². The van der Waals surface area contributed by atoms with Crippen LogP contribution in [0.15, 0.2) is 35.5 Å². The van der Waals surface area contributed by atoms with Gasteiger partial charge in [-0.15, -0.1) is 0 Å². The van der Waals surface area contributed by atoms with Gasteiger partial charge in [-0.2, -0.15) is 0 Å². The summed E-state index contributed by atoms with van der Waals surface area (Å²) in [6, 6.07) is 0. The summed E-state index contributed by atoms with van der Waals surface area (Å²) in [6.07, 6.45) is 8.34. The van der Waals surface area contributed by atoms with Gasteiger partial charge in [-0.05, 0) is 44.8 Å². The van der Waals surface area contributed by atoms with E-state index >= 15 is 0 Å². The molecule has 0 N–H and O–H groups in total. The Morgan fingerprint density at radius 1 is 1.52 bits per heavy atom. The predicted molar refractivity (Wildman–Crippen MR) is 88.1 cm³/mol. The molecule has 0 unspecified atom stereocenters. The number of halogens is 1. The van der Waals surface area contributed by atoms with Gasteiger partial charge in [0.2, 0.25) is 0 Å². The highest BCUT2D eigenvalue weighted by atomic mass is 19.1. The molecule has 3 heteroatoms. The summed E-state index contributed by atoms with van der Waals surface area (Å²) >= 11 is 0. The van der Waals surface area contributed by atoms with Crippen LogP contribution >= 0.6 is 0 Å². The van der Waals surface area contributed by atoms with Gasteiger partial charge in [0.05, 0.1) is 5.69 Å². The first kappa shape index (κ1) is 15.5. The smallest absolute Gasteiger partial charge is 0.147 e. The Hall–Kier alpha value is -1.90. The first-order valence-corrected chi connectivity index (χ1v) is 7.37.